The zero-order chi connectivity index (χ0) is 19.4. The van der Waals surface area contributed by atoms with Gasteiger partial charge in [-0.2, -0.15) is 5.10 Å². The Morgan fingerprint density at radius 3 is 2.90 bits per heavy atom. The number of hydrogen-bond donors (Lipinski definition) is 3. The van der Waals surface area contributed by atoms with E-state index < -0.39 is 0 Å². The molecule has 7 nitrogen and oxygen atoms in total. The second-order valence-electron chi connectivity index (χ2n) is 8.36. The second kappa shape index (κ2) is 6.40. The van der Waals surface area contributed by atoms with E-state index in [4.69, 9.17) is 0 Å². The number of H-pyrrole nitrogens is 1. The van der Waals surface area contributed by atoms with Crippen LogP contribution >= 0.6 is 0 Å². The number of carbonyl (C=O) groups is 1. The van der Waals surface area contributed by atoms with Crippen LogP contribution in [0.5, 0.6) is 0 Å². The summed E-state index contributed by atoms with van der Waals surface area (Å²) >= 11 is 0. The summed E-state index contributed by atoms with van der Waals surface area (Å²) < 4.78 is 0. The number of hydrazine groups is 1. The van der Waals surface area contributed by atoms with E-state index in [0.29, 0.717) is 6.04 Å². The number of urea groups is 1. The first-order valence-corrected chi connectivity index (χ1v) is 10.4. The molecule has 3 aliphatic rings. The minimum absolute atomic E-state index is 0.239. The molecule has 3 N–H and O–H groups in total. The predicted molar refractivity (Wildman–Crippen MR) is 114 cm³/mol. The topological polar surface area (TPSA) is 76.3 Å². The Kier molecular flexibility index (Phi) is 3.69. The first-order chi connectivity index (χ1) is 14.3. The SMILES string of the molecule is O=C(Nc1cccc2[nH]ncc12)NN1CCc2c1cccc2N1CC2CCC1C2. The van der Waals surface area contributed by atoms with E-state index >= 15 is 0 Å². The molecule has 7 heteroatoms. The van der Waals surface area contributed by atoms with Crippen LogP contribution in [-0.4, -0.2) is 35.4 Å². The molecule has 29 heavy (non-hydrogen) atoms. The fraction of sp³-hybridized carbons (Fsp3) is 0.364. The molecule has 1 aromatic heterocycles. The highest BCUT2D eigenvalue weighted by Crippen LogP contribution is 2.44. The van der Waals surface area contributed by atoms with Crippen molar-refractivity contribution >= 4 is 34.0 Å². The third-order valence-corrected chi connectivity index (χ3v) is 6.69. The van der Waals surface area contributed by atoms with E-state index in [0.717, 1.165) is 41.2 Å². The zero-order valence-electron chi connectivity index (χ0n) is 16.2. The van der Waals surface area contributed by atoms with Crippen LogP contribution in [0.3, 0.4) is 0 Å². The van der Waals surface area contributed by atoms with Crippen LogP contribution in [-0.2, 0) is 6.42 Å². The van der Waals surface area contributed by atoms with Gasteiger partial charge < -0.3 is 10.2 Å². The Morgan fingerprint density at radius 2 is 2.03 bits per heavy atom. The van der Waals surface area contributed by atoms with Gasteiger partial charge in [0.1, 0.15) is 0 Å². The highest BCUT2D eigenvalue weighted by molar-refractivity contribution is 6.00. The summed E-state index contributed by atoms with van der Waals surface area (Å²) in [4.78, 5) is 15.3. The second-order valence-corrected chi connectivity index (χ2v) is 8.36. The molecule has 1 saturated carbocycles. The van der Waals surface area contributed by atoms with Gasteiger partial charge in [-0.3, -0.25) is 10.1 Å². The molecule has 6 rings (SSSR count). The summed E-state index contributed by atoms with van der Waals surface area (Å²) in [6.45, 7) is 1.97. The lowest BCUT2D eigenvalue weighted by atomic mass is 10.1. The number of carbonyl (C=O) groups excluding carboxylic acids is 1. The van der Waals surface area contributed by atoms with Gasteiger partial charge in [0.25, 0.3) is 0 Å². The van der Waals surface area contributed by atoms with Gasteiger partial charge in [0.15, 0.2) is 0 Å². The Labute approximate surface area is 169 Å². The Morgan fingerprint density at radius 1 is 1.14 bits per heavy atom. The molecule has 1 saturated heterocycles. The van der Waals surface area contributed by atoms with Crippen molar-refractivity contribution in [1.82, 2.24) is 15.6 Å². The average Bonchev–Trinajstić information content (AvgIpc) is 3.52. The molecule has 1 aliphatic carbocycles. The molecule has 2 aromatic carbocycles. The molecule has 2 fully saturated rings. The van der Waals surface area contributed by atoms with Gasteiger partial charge in [0.05, 0.1) is 23.1 Å². The van der Waals surface area contributed by atoms with Crippen LogP contribution in [0.4, 0.5) is 21.9 Å². The molecule has 0 radical (unpaired) electrons. The summed E-state index contributed by atoms with van der Waals surface area (Å²) in [5.41, 5.74) is 8.51. The number of benzene rings is 2. The van der Waals surface area contributed by atoms with Crippen molar-refractivity contribution in [3.63, 3.8) is 0 Å². The Hall–Kier alpha value is -3.22. The van der Waals surface area contributed by atoms with Crippen molar-refractivity contribution in [3.8, 4) is 0 Å². The number of nitrogens with zero attached hydrogens (tertiary/aromatic N) is 3. The van der Waals surface area contributed by atoms with E-state index in [1.807, 2.05) is 23.2 Å². The minimum Gasteiger partial charge on any atom is -0.368 e. The number of aromatic amines is 1. The number of anilines is 3. The lowest BCUT2D eigenvalue weighted by Crippen LogP contribution is -2.43. The molecule has 2 unspecified atom stereocenters. The van der Waals surface area contributed by atoms with Crippen LogP contribution in [0.2, 0.25) is 0 Å². The largest absolute Gasteiger partial charge is 0.368 e. The van der Waals surface area contributed by atoms with E-state index in [2.05, 4.69) is 44.0 Å². The summed E-state index contributed by atoms with van der Waals surface area (Å²) in [5.74, 6) is 0.864. The van der Waals surface area contributed by atoms with E-state index in [-0.39, 0.29) is 6.03 Å². The standard InChI is InChI=1S/C22H24N6O/c29-22(24-18-3-1-4-19-17(18)12-23-25-19)26-28-10-9-16-20(5-2-6-21(16)28)27-13-14-7-8-15(27)11-14/h1-6,12,14-15H,7-11,13H2,(H,23,25)(H2,24,26,29). The fourth-order valence-corrected chi connectivity index (χ4v) is 5.37. The average molecular weight is 388 g/mol. The third kappa shape index (κ3) is 2.72. The Bertz CT molecular complexity index is 1090. The van der Waals surface area contributed by atoms with Gasteiger partial charge in [0, 0.05) is 35.8 Å². The quantitative estimate of drug-likeness (QED) is 0.640. The number of nitrogens with one attached hydrogen (secondary N) is 3. The number of piperidine rings is 1. The van der Waals surface area contributed by atoms with Crippen molar-refractivity contribution < 1.29 is 4.79 Å². The highest BCUT2D eigenvalue weighted by atomic mass is 16.2. The number of amides is 2. The highest BCUT2D eigenvalue weighted by Gasteiger charge is 2.39. The van der Waals surface area contributed by atoms with Gasteiger partial charge in [-0.15, -0.1) is 0 Å². The first kappa shape index (κ1) is 16.7. The van der Waals surface area contributed by atoms with Crippen molar-refractivity contribution in [2.24, 2.45) is 5.92 Å². The smallest absolute Gasteiger partial charge is 0.338 e. The third-order valence-electron chi connectivity index (χ3n) is 6.69. The molecule has 148 valence electrons. The fourth-order valence-electron chi connectivity index (χ4n) is 5.37. The van der Waals surface area contributed by atoms with Gasteiger partial charge >= 0.3 is 6.03 Å². The molecular formula is C22H24N6O. The Balaban J connectivity index is 1.21. The molecule has 3 aromatic rings. The number of rotatable bonds is 3. The maximum Gasteiger partial charge on any atom is 0.338 e. The predicted octanol–water partition coefficient (Wildman–Crippen LogP) is 3.65. The van der Waals surface area contributed by atoms with Crippen LogP contribution in [0.1, 0.15) is 24.8 Å². The summed E-state index contributed by atoms with van der Waals surface area (Å²) in [6.07, 6.45) is 6.72. The number of hydrogen-bond acceptors (Lipinski definition) is 4. The number of aromatic nitrogens is 2. The maximum atomic E-state index is 12.7. The van der Waals surface area contributed by atoms with Crippen LogP contribution in [0, 0.1) is 5.92 Å². The molecule has 2 amide bonds. The van der Waals surface area contributed by atoms with Crippen LogP contribution < -0.4 is 20.7 Å². The molecule has 2 bridgehead atoms. The summed E-state index contributed by atoms with van der Waals surface area (Å²) in [6, 6.07) is 12.7. The first-order valence-electron chi connectivity index (χ1n) is 10.4. The van der Waals surface area contributed by atoms with E-state index in [1.54, 1.807) is 6.20 Å². The van der Waals surface area contributed by atoms with E-state index in [1.165, 1.54) is 37.1 Å². The number of fused-ring (bicyclic) bond motifs is 4. The van der Waals surface area contributed by atoms with Gasteiger partial charge in [-0.05, 0) is 55.9 Å². The molecule has 2 aliphatic heterocycles. The molecule has 2 atom stereocenters. The van der Waals surface area contributed by atoms with Crippen LogP contribution in [0.25, 0.3) is 10.9 Å². The molecular weight excluding hydrogens is 364 g/mol. The monoisotopic (exact) mass is 388 g/mol. The zero-order valence-corrected chi connectivity index (χ0v) is 16.2. The normalized spacial score (nSPS) is 22.3. The summed E-state index contributed by atoms with van der Waals surface area (Å²) in [5, 5.41) is 12.8. The van der Waals surface area contributed by atoms with E-state index in [9.17, 15) is 4.79 Å². The van der Waals surface area contributed by atoms with Crippen LogP contribution in [0.15, 0.2) is 42.6 Å². The molecule has 3 heterocycles. The van der Waals surface area contributed by atoms with Crippen molar-refractivity contribution in [2.45, 2.75) is 31.7 Å². The maximum absolute atomic E-state index is 12.7. The van der Waals surface area contributed by atoms with Gasteiger partial charge in [0.2, 0.25) is 0 Å². The van der Waals surface area contributed by atoms with Crippen molar-refractivity contribution in [2.75, 3.05) is 28.3 Å². The van der Waals surface area contributed by atoms with Crippen molar-refractivity contribution in [1.29, 1.82) is 0 Å². The van der Waals surface area contributed by atoms with Crippen molar-refractivity contribution in [3.05, 3.63) is 48.2 Å². The van der Waals surface area contributed by atoms with Gasteiger partial charge in [-0.25, -0.2) is 10.2 Å². The molecule has 0 spiro atoms. The van der Waals surface area contributed by atoms with Gasteiger partial charge in [-0.1, -0.05) is 12.1 Å². The minimum atomic E-state index is -0.239. The lowest BCUT2D eigenvalue weighted by Gasteiger charge is -2.31. The summed E-state index contributed by atoms with van der Waals surface area (Å²) in [7, 11) is 0. The lowest BCUT2D eigenvalue weighted by molar-refractivity contribution is 0.251.